The molecule has 2 rings (SSSR count). The summed E-state index contributed by atoms with van der Waals surface area (Å²) in [4.78, 5) is 10.3. The van der Waals surface area contributed by atoms with E-state index in [1.54, 1.807) is 0 Å². The molecule has 0 aromatic rings. The number of carbonyl (C=O) groups excluding carboxylic acids is 1. The highest BCUT2D eigenvalue weighted by molar-refractivity contribution is 5.48. The Kier molecular flexibility index (Phi) is 3.72. The van der Waals surface area contributed by atoms with E-state index in [4.69, 9.17) is 14.2 Å². The number of rotatable bonds is 4. The summed E-state index contributed by atoms with van der Waals surface area (Å²) in [6, 6.07) is 0. The summed E-state index contributed by atoms with van der Waals surface area (Å²) in [5.74, 6) is -0.116. The Hall–Kier alpha value is -0.450. The molecule has 0 saturated carbocycles. The summed E-state index contributed by atoms with van der Waals surface area (Å²) < 4.78 is 16.9. The molecule has 1 unspecified atom stereocenters. The van der Waals surface area contributed by atoms with Crippen LogP contribution in [0.25, 0.3) is 0 Å². The second kappa shape index (κ2) is 5.05. The van der Waals surface area contributed by atoms with E-state index in [1.165, 1.54) is 0 Å². The molecule has 4 nitrogen and oxygen atoms in total. The van der Waals surface area contributed by atoms with Gasteiger partial charge in [0.05, 0.1) is 26.4 Å². The zero-order valence-electron chi connectivity index (χ0n) is 8.94. The Morgan fingerprint density at radius 3 is 2.80 bits per heavy atom. The lowest BCUT2D eigenvalue weighted by atomic mass is 9.89. The first-order chi connectivity index (χ1) is 7.37. The van der Waals surface area contributed by atoms with Crippen LogP contribution in [-0.4, -0.2) is 38.5 Å². The van der Waals surface area contributed by atoms with E-state index in [9.17, 15) is 4.79 Å². The van der Waals surface area contributed by atoms with Gasteiger partial charge in [-0.3, -0.25) is 0 Å². The topological polar surface area (TPSA) is 44.8 Å². The van der Waals surface area contributed by atoms with Gasteiger partial charge in [0.2, 0.25) is 0 Å². The third kappa shape index (κ3) is 2.38. The molecule has 1 atom stereocenters. The van der Waals surface area contributed by atoms with Crippen molar-refractivity contribution < 1.29 is 19.0 Å². The predicted octanol–water partition coefficient (Wildman–Crippen LogP) is 1.14. The fraction of sp³-hybridized carbons (Fsp3) is 0.909. The number of ether oxygens (including phenoxy) is 3. The molecule has 2 saturated heterocycles. The monoisotopic (exact) mass is 214 g/mol. The number of carbonyl (C=O) groups is 1. The zero-order chi connectivity index (χ0) is 10.6. The van der Waals surface area contributed by atoms with Crippen molar-refractivity contribution >= 4 is 6.29 Å². The Bertz CT molecular complexity index is 211. The van der Waals surface area contributed by atoms with Crippen LogP contribution in [0.5, 0.6) is 0 Å². The quantitative estimate of drug-likeness (QED) is 0.520. The van der Waals surface area contributed by atoms with Crippen LogP contribution >= 0.6 is 0 Å². The molecule has 4 heteroatoms. The van der Waals surface area contributed by atoms with Crippen LogP contribution in [-0.2, 0) is 19.0 Å². The highest BCUT2D eigenvalue weighted by Crippen LogP contribution is 2.37. The Labute approximate surface area is 89.9 Å². The second-order valence-corrected chi connectivity index (χ2v) is 4.13. The van der Waals surface area contributed by atoms with E-state index in [1.807, 2.05) is 0 Å². The largest absolute Gasteiger partial charge is 0.381 e. The van der Waals surface area contributed by atoms with Crippen molar-refractivity contribution in [2.45, 2.75) is 31.5 Å². The molecule has 1 spiro atoms. The van der Waals surface area contributed by atoms with Gasteiger partial charge in [0.25, 0.3) is 0 Å². The third-order valence-electron chi connectivity index (χ3n) is 3.19. The van der Waals surface area contributed by atoms with E-state index < -0.39 is 5.79 Å². The molecule has 86 valence electrons. The van der Waals surface area contributed by atoms with E-state index in [-0.39, 0.29) is 5.92 Å². The van der Waals surface area contributed by atoms with Crippen molar-refractivity contribution in [1.82, 2.24) is 0 Å². The second-order valence-electron chi connectivity index (χ2n) is 4.13. The van der Waals surface area contributed by atoms with Crippen molar-refractivity contribution in [2.24, 2.45) is 5.92 Å². The molecule has 0 bridgehead atoms. The average Bonchev–Trinajstić information content (AvgIpc) is 2.71. The molecule has 0 aromatic heterocycles. The first-order valence-corrected chi connectivity index (χ1v) is 5.67. The first kappa shape index (κ1) is 11.0. The molecule has 0 N–H and O–H groups in total. The van der Waals surface area contributed by atoms with Crippen LogP contribution in [0.4, 0.5) is 0 Å². The molecular weight excluding hydrogens is 196 g/mol. The Morgan fingerprint density at radius 2 is 2.07 bits per heavy atom. The van der Waals surface area contributed by atoms with Gasteiger partial charge in [0, 0.05) is 18.8 Å². The highest BCUT2D eigenvalue weighted by Gasteiger charge is 2.45. The number of hydrogen-bond acceptors (Lipinski definition) is 4. The van der Waals surface area contributed by atoms with Crippen molar-refractivity contribution in [3.05, 3.63) is 0 Å². The summed E-state index contributed by atoms with van der Waals surface area (Å²) in [6.07, 6.45) is 4.24. The van der Waals surface area contributed by atoms with Crippen LogP contribution in [0.2, 0.25) is 0 Å². The SMILES string of the molecule is O=CCCCC1COCCC12OCCO2. The van der Waals surface area contributed by atoms with Gasteiger partial charge in [0.1, 0.15) is 6.29 Å². The minimum Gasteiger partial charge on any atom is -0.381 e. The molecule has 15 heavy (non-hydrogen) atoms. The van der Waals surface area contributed by atoms with Gasteiger partial charge in [-0.2, -0.15) is 0 Å². The zero-order valence-corrected chi connectivity index (χ0v) is 8.94. The van der Waals surface area contributed by atoms with E-state index in [0.29, 0.717) is 32.8 Å². The maximum atomic E-state index is 10.3. The molecule has 0 radical (unpaired) electrons. The standard InChI is InChI=1S/C11H18O4/c12-5-2-1-3-10-9-13-6-4-11(10)14-7-8-15-11/h5,10H,1-4,6-9H2. The highest BCUT2D eigenvalue weighted by atomic mass is 16.7. The van der Waals surface area contributed by atoms with Gasteiger partial charge in [0.15, 0.2) is 5.79 Å². The molecule has 2 aliphatic rings. The van der Waals surface area contributed by atoms with Crippen LogP contribution < -0.4 is 0 Å². The van der Waals surface area contributed by atoms with Gasteiger partial charge >= 0.3 is 0 Å². The van der Waals surface area contributed by atoms with Crippen molar-refractivity contribution in [1.29, 1.82) is 0 Å². The molecule has 0 amide bonds. The fourth-order valence-electron chi connectivity index (χ4n) is 2.37. The van der Waals surface area contributed by atoms with Crippen molar-refractivity contribution in [2.75, 3.05) is 26.4 Å². The number of hydrogen-bond donors (Lipinski definition) is 0. The first-order valence-electron chi connectivity index (χ1n) is 5.67. The number of aldehydes is 1. The summed E-state index contributed by atoms with van der Waals surface area (Å²) in [6.45, 7) is 2.78. The Morgan fingerprint density at radius 1 is 1.27 bits per heavy atom. The lowest BCUT2D eigenvalue weighted by molar-refractivity contribution is -0.241. The van der Waals surface area contributed by atoms with Gasteiger partial charge < -0.3 is 19.0 Å². The number of unbranched alkanes of at least 4 members (excludes halogenated alkanes) is 1. The van der Waals surface area contributed by atoms with Crippen LogP contribution in [0.15, 0.2) is 0 Å². The van der Waals surface area contributed by atoms with Gasteiger partial charge in [-0.15, -0.1) is 0 Å². The maximum absolute atomic E-state index is 10.3. The van der Waals surface area contributed by atoms with E-state index in [2.05, 4.69) is 0 Å². The summed E-state index contributed by atoms with van der Waals surface area (Å²) in [5.41, 5.74) is 0. The van der Waals surface area contributed by atoms with Crippen molar-refractivity contribution in [3.63, 3.8) is 0 Å². The van der Waals surface area contributed by atoms with Crippen LogP contribution in [0, 0.1) is 5.92 Å². The molecule has 2 aliphatic heterocycles. The van der Waals surface area contributed by atoms with E-state index >= 15 is 0 Å². The summed E-state index contributed by atoms with van der Waals surface area (Å²) in [5, 5.41) is 0. The summed E-state index contributed by atoms with van der Waals surface area (Å²) in [7, 11) is 0. The smallest absolute Gasteiger partial charge is 0.175 e. The molecule has 0 aromatic carbocycles. The van der Waals surface area contributed by atoms with Crippen LogP contribution in [0.1, 0.15) is 25.7 Å². The summed E-state index contributed by atoms with van der Waals surface area (Å²) >= 11 is 0. The van der Waals surface area contributed by atoms with Gasteiger partial charge in [-0.25, -0.2) is 0 Å². The minimum atomic E-state index is -0.402. The third-order valence-corrected chi connectivity index (χ3v) is 3.19. The Balaban J connectivity index is 1.90. The average molecular weight is 214 g/mol. The fourth-order valence-corrected chi connectivity index (χ4v) is 2.37. The molecule has 0 aliphatic carbocycles. The predicted molar refractivity (Wildman–Crippen MR) is 53.5 cm³/mol. The lowest BCUT2D eigenvalue weighted by Crippen LogP contribution is -2.46. The van der Waals surface area contributed by atoms with Crippen molar-refractivity contribution in [3.8, 4) is 0 Å². The van der Waals surface area contributed by atoms with Crippen LogP contribution in [0.3, 0.4) is 0 Å². The van der Waals surface area contributed by atoms with Gasteiger partial charge in [-0.1, -0.05) is 0 Å². The molecule has 2 heterocycles. The maximum Gasteiger partial charge on any atom is 0.175 e. The molecular formula is C11H18O4. The normalized spacial score (nSPS) is 29.5. The lowest BCUT2D eigenvalue weighted by Gasteiger charge is -2.39. The minimum absolute atomic E-state index is 0.286. The van der Waals surface area contributed by atoms with Gasteiger partial charge in [-0.05, 0) is 12.8 Å². The van der Waals surface area contributed by atoms with E-state index in [0.717, 1.165) is 25.5 Å². The molecule has 2 fully saturated rings.